The summed E-state index contributed by atoms with van der Waals surface area (Å²) in [6.45, 7) is 4.60. The molecular weight excluding hydrogens is 976 g/mol. The van der Waals surface area contributed by atoms with E-state index < -0.39 is 57.8 Å². The number of carbonyl (C=O) groups is 3. The van der Waals surface area contributed by atoms with Crippen LogP contribution in [0.1, 0.15) is 290 Å². The molecule has 3 unspecified atom stereocenters. The number of carbonyl (C=O) groups excluding carboxylic acids is 3. The fraction of sp³-hybridized carbons (Fsp3) is 0.797. The van der Waals surface area contributed by atoms with Crippen molar-refractivity contribution >= 4 is 25.7 Å². The van der Waals surface area contributed by atoms with Crippen molar-refractivity contribution in [3.8, 4) is 0 Å². The first-order chi connectivity index (χ1) is 37.2. The number of allylic oxidation sites excluding steroid dienone is 10. The summed E-state index contributed by atoms with van der Waals surface area (Å²) >= 11 is 0. The van der Waals surface area contributed by atoms with E-state index in [9.17, 15) is 28.9 Å². The van der Waals surface area contributed by atoms with E-state index in [1.54, 1.807) is 0 Å². The van der Waals surface area contributed by atoms with Crippen LogP contribution in [0.5, 0.6) is 0 Å². The van der Waals surface area contributed by atoms with E-state index in [4.69, 9.17) is 23.3 Å². The van der Waals surface area contributed by atoms with Crippen LogP contribution in [0.3, 0.4) is 0 Å². The molecule has 76 heavy (non-hydrogen) atoms. The monoisotopic (exact) mass is 1090 g/mol. The molecule has 11 nitrogen and oxygen atoms in total. The molecule has 0 aliphatic rings. The number of phosphoric acid groups is 1. The van der Waals surface area contributed by atoms with Crippen molar-refractivity contribution < 1.29 is 52.2 Å². The molecule has 12 heteroatoms. The minimum atomic E-state index is -4.76. The number of unbranched alkanes of at least 4 members (excludes halogenated alkanes) is 31. The van der Waals surface area contributed by atoms with E-state index in [0.29, 0.717) is 19.3 Å². The highest BCUT2D eigenvalue weighted by Gasteiger charge is 2.28. The van der Waals surface area contributed by atoms with Crippen molar-refractivity contribution in [1.82, 2.24) is 0 Å². The summed E-state index contributed by atoms with van der Waals surface area (Å²) in [6.07, 6.45) is 64.5. The Morgan fingerprint density at radius 3 is 1.01 bits per heavy atom. The van der Waals surface area contributed by atoms with Crippen molar-refractivity contribution in [2.45, 2.75) is 303 Å². The lowest BCUT2D eigenvalue weighted by Gasteiger charge is -2.21. The van der Waals surface area contributed by atoms with Gasteiger partial charge in [-0.2, -0.15) is 0 Å². The molecule has 0 bridgehead atoms. The smallest absolute Gasteiger partial charge is 0.462 e. The standard InChI is InChI=1S/C64H115O11P/c1-4-7-10-13-16-19-22-25-28-29-30-31-34-35-38-41-44-47-50-53-62(66)71-57-61(75-64(68)55-52-49-46-43-40-37-33-27-24-21-18-15-12-9-6-3)59-73-76(69,70)72-58-60(56-65)74-63(67)54-51-48-45-42-39-36-32-26-23-20-17-14-11-8-5-2/h16,18-19,21,25-28,32-33,60-61,65H,4-15,17,20,22-24,29-31,34-59H2,1-3H3,(H,69,70)/b19-16-,21-18-,28-25-,32-26-,33-27-. The average molecular weight is 1090 g/mol. The Balaban J connectivity index is 4.71. The van der Waals surface area contributed by atoms with Gasteiger partial charge in [0.15, 0.2) is 6.10 Å². The van der Waals surface area contributed by atoms with Gasteiger partial charge in [-0.15, -0.1) is 0 Å². The lowest BCUT2D eigenvalue weighted by atomic mass is 10.1. The molecule has 0 aromatic heterocycles. The van der Waals surface area contributed by atoms with Crippen LogP contribution in [0.25, 0.3) is 0 Å². The normalized spacial score (nSPS) is 13.7. The second-order valence-corrected chi connectivity index (χ2v) is 22.3. The summed E-state index contributed by atoms with van der Waals surface area (Å²) < 4.78 is 39.6. The molecule has 0 heterocycles. The molecular formula is C64H115O11P. The Morgan fingerprint density at radius 2 is 0.645 bits per heavy atom. The Labute approximate surface area is 465 Å². The quantitative estimate of drug-likeness (QED) is 0.0197. The summed E-state index contributed by atoms with van der Waals surface area (Å²) in [5.41, 5.74) is 0. The van der Waals surface area contributed by atoms with Crippen LogP contribution >= 0.6 is 7.82 Å². The second-order valence-electron chi connectivity index (χ2n) is 20.9. The van der Waals surface area contributed by atoms with Crippen molar-refractivity contribution in [2.24, 2.45) is 0 Å². The van der Waals surface area contributed by atoms with Gasteiger partial charge < -0.3 is 24.2 Å². The van der Waals surface area contributed by atoms with Crippen molar-refractivity contribution in [2.75, 3.05) is 26.4 Å². The molecule has 0 aromatic carbocycles. The maximum Gasteiger partial charge on any atom is 0.472 e. The third kappa shape index (κ3) is 55.9. The van der Waals surface area contributed by atoms with Gasteiger partial charge in [0.1, 0.15) is 12.7 Å². The number of hydrogen-bond donors (Lipinski definition) is 2. The summed E-state index contributed by atoms with van der Waals surface area (Å²) in [5.74, 6) is -1.48. The number of hydrogen-bond acceptors (Lipinski definition) is 10. The van der Waals surface area contributed by atoms with Gasteiger partial charge >= 0.3 is 25.7 Å². The molecule has 0 radical (unpaired) electrons. The maximum absolute atomic E-state index is 12.9. The number of aliphatic hydroxyl groups excluding tert-OH is 1. The predicted molar refractivity (Wildman–Crippen MR) is 316 cm³/mol. The molecule has 2 N–H and O–H groups in total. The molecule has 0 aliphatic heterocycles. The Bertz CT molecular complexity index is 1510. The van der Waals surface area contributed by atoms with Gasteiger partial charge in [0, 0.05) is 19.3 Å². The third-order valence-electron chi connectivity index (χ3n) is 13.4. The van der Waals surface area contributed by atoms with Crippen LogP contribution in [0.4, 0.5) is 0 Å². The molecule has 0 fully saturated rings. The second kappa shape index (κ2) is 58.3. The summed E-state index contributed by atoms with van der Waals surface area (Å²) in [6, 6.07) is 0. The molecule has 0 amide bonds. The van der Waals surface area contributed by atoms with Crippen molar-refractivity contribution in [1.29, 1.82) is 0 Å². The molecule has 0 aliphatic carbocycles. The first-order valence-electron chi connectivity index (χ1n) is 31.2. The minimum absolute atomic E-state index is 0.150. The van der Waals surface area contributed by atoms with Gasteiger partial charge in [-0.25, -0.2) is 4.57 Å². The van der Waals surface area contributed by atoms with Crippen molar-refractivity contribution in [3.05, 3.63) is 60.8 Å². The largest absolute Gasteiger partial charge is 0.472 e. The third-order valence-corrected chi connectivity index (χ3v) is 14.3. The van der Waals surface area contributed by atoms with Gasteiger partial charge in [-0.1, -0.05) is 223 Å². The molecule has 0 aromatic rings. The van der Waals surface area contributed by atoms with Crippen LogP contribution in [-0.4, -0.2) is 66.5 Å². The van der Waals surface area contributed by atoms with E-state index in [-0.39, 0.29) is 25.9 Å². The van der Waals surface area contributed by atoms with Gasteiger partial charge in [-0.05, 0) is 109 Å². The van der Waals surface area contributed by atoms with Gasteiger partial charge in [-0.3, -0.25) is 23.4 Å². The SMILES string of the molecule is CCCCC/C=C\C/C=C\CCCCCCCCCCCC(=O)OCC(COP(=O)(O)OCC(CO)OC(=O)CCCCCCC/C=C\CCCCCCCC)OC(=O)CCCCCCC/C=C\C/C=C\CCCCC. The molecule has 0 rings (SSSR count). The first-order valence-corrected chi connectivity index (χ1v) is 32.7. The van der Waals surface area contributed by atoms with Gasteiger partial charge in [0.05, 0.1) is 19.8 Å². The highest BCUT2D eigenvalue weighted by molar-refractivity contribution is 7.47. The summed E-state index contributed by atoms with van der Waals surface area (Å²) in [7, 11) is -4.76. The Morgan fingerprint density at radius 1 is 0.368 bits per heavy atom. The topological polar surface area (TPSA) is 155 Å². The molecule has 0 saturated heterocycles. The van der Waals surface area contributed by atoms with Crippen LogP contribution in [0.2, 0.25) is 0 Å². The van der Waals surface area contributed by atoms with Crippen molar-refractivity contribution in [3.63, 3.8) is 0 Å². The molecule has 3 atom stereocenters. The zero-order valence-corrected chi connectivity index (χ0v) is 49.9. The van der Waals surface area contributed by atoms with Crippen LogP contribution in [0, 0.1) is 0 Å². The average Bonchev–Trinajstić information content (AvgIpc) is 3.41. The van der Waals surface area contributed by atoms with E-state index in [0.717, 1.165) is 116 Å². The van der Waals surface area contributed by atoms with Gasteiger partial charge in [0.2, 0.25) is 0 Å². The van der Waals surface area contributed by atoms with E-state index >= 15 is 0 Å². The zero-order valence-electron chi connectivity index (χ0n) is 49.0. The van der Waals surface area contributed by atoms with Gasteiger partial charge in [0.25, 0.3) is 0 Å². The maximum atomic E-state index is 12.9. The zero-order chi connectivity index (χ0) is 55.5. The van der Waals surface area contributed by atoms with E-state index in [2.05, 4.69) is 81.5 Å². The van der Waals surface area contributed by atoms with E-state index in [1.165, 1.54) is 116 Å². The number of esters is 3. The molecule has 442 valence electrons. The molecule has 0 spiro atoms. The number of ether oxygens (including phenoxy) is 3. The summed E-state index contributed by atoms with van der Waals surface area (Å²) in [4.78, 5) is 48.7. The fourth-order valence-corrected chi connectivity index (χ4v) is 9.37. The summed E-state index contributed by atoms with van der Waals surface area (Å²) in [5, 5.41) is 9.83. The minimum Gasteiger partial charge on any atom is -0.462 e. The lowest BCUT2D eigenvalue weighted by molar-refractivity contribution is -0.161. The number of phosphoric ester groups is 1. The highest BCUT2D eigenvalue weighted by atomic mass is 31.2. The Hall–Kier alpha value is -2.82. The number of aliphatic hydroxyl groups is 1. The lowest BCUT2D eigenvalue weighted by Crippen LogP contribution is -2.30. The predicted octanol–water partition coefficient (Wildman–Crippen LogP) is 18.7. The van der Waals surface area contributed by atoms with Crippen LogP contribution in [-0.2, 0) is 42.2 Å². The van der Waals surface area contributed by atoms with E-state index in [1.807, 2.05) is 0 Å². The first kappa shape index (κ1) is 73.2. The Kier molecular flexibility index (Phi) is 56.2. The fourth-order valence-electron chi connectivity index (χ4n) is 8.59. The molecule has 0 saturated carbocycles. The number of rotatable bonds is 58. The van der Waals surface area contributed by atoms with Crippen LogP contribution < -0.4 is 0 Å². The van der Waals surface area contributed by atoms with Crippen LogP contribution in [0.15, 0.2) is 60.8 Å². The highest BCUT2D eigenvalue weighted by Crippen LogP contribution is 2.43.